The number of rotatable bonds is 1. The molecule has 0 aromatic carbocycles. The van der Waals surface area contributed by atoms with Gasteiger partial charge in [0.15, 0.2) is 0 Å². The van der Waals surface area contributed by atoms with E-state index in [9.17, 15) is 0 Å². The number of nitrogens with one attached hydrogen (secondary N) is 2. The van der Waals surface area contributed by atoms with Crippen LogP contribution < -0.4 is 10.2 Å². The van der Waals surface area contributed by atoms with Gasteiger partial charge in [-0.2, -0.15) is 4.98 Å². The van der Waals surface area contributed by atoms with E-state index in [0.717, 1.165) is 37.3 Å². The predicted molar refractivity (Wildman–Crippen MR) is 71.8 cm³/mol. The first-order valence-corrected chi connectivity index (χ1v) is 6.95. The Balaban J connectivity index is 1.74. The van der Waals surface area contributed by atoms with Crippen molar-refractivity contribution in [2.75, 3.05) is 24.5 Å². The van der Waals surface area contributed by atoms with Crippen molar-refractivity contribution in [2.45, 2.75) is 45.1 Å². The largest absolute Gasteiger partial charge is 0.338 e. The van der Waals surface area contributed by atoms with Gasteiger partial charge in [0, 0.05) is 24.5 Å². The average Bonchev–Trinajstić information content (AvgIpc) is 2.94. The second-order valence-electron chi connectivity index (χ2n) is 6.60. The van der Waals surface area contributed by atoms with Crippen LogP contribution in [-0.4, -0.2) is 40.9 Å². The van der Waals surface area contributed by atoms with Crippen molar-refractivity contribution < 1.29 is 0 Å². The molecule has 3 rings (SSSR count). The minimum atomic E-state index is 0.0377. The normalized spacial score (nSPS) is 28.5. The molecule has 2 aliphatic rings. The zero-order valence-electron chi connectivity index (χ0n) is 11.5. The van der Waals surface area contributed by atoms with E-state index in [1.165, 1.54) is 12.8 Å². The predicted octanol–water partition coefficient (Wildman–Crippen LogP) is 1.29. The van der Waals surface area contributed by atoms with Crippen LogP contribution in [0.25, 0.3) is 0 Å². The van der Waals surface area contributed by atoms with Gasteiger partial charge in [-0.25, -0.2) is 0 Å². The van der Waals surface area contributed by atoms with Gasteiger partial charge in [0.2, 0.25) is 5.95 Å². The van der Waals surface area contributed by atoms with E-state index in [1.54, 1.807) is 0 Å². The van der Waals surface area contributed by atoms with Crippen LogP contribution in [-0.2, 0) is 5.41 Å². The number of nitrogens with zero attached hydrogens (tertiary/aromatic N) is 3. The standard InChI is InChI=1S/C13H23N5/c1-13(2,3)11-15-12(17-16-11)18-7-9-5-4-6-14-10(9)8-18/h9-10,14H,4-8H2,1-3H3,(H,15,16,17). The van der Waals surface area contributed by atoms with E-state index in [2.05, 4.69) is 46.2 Å². The van der Waals surface area contributed by atoms with E-state index in [-0.39, 0.29) is 5.41 Å². The third-order valence-corrected chi connectivity index (χ3v) is 4.07. The van der Waals surface area contributed by atoms with E-state index in [0.29, 0.717) is 6.04 Å². The molecule has 0 radical (unpaired) electrons. The van der Waals surface area contributed by atoms with Crippen molar-refractivity contribution >= 4 is 5.95 Å². The molecular formula is C13H23N5. The molecule has 0 saturated carbocycles. The van der Waals surface area contributed by atoms with Crippen molar-refractivity contribution in [2.24, 2.45) is 5.92 Å². The fraction of sp³-hybridized carbons (Fsp3) is 0.846. The van der Waals surface area contributed by atoms with Gasteiger partial charge in [0.25, 0.3) is 0 Å². The molecule has 2 N–H and O–H groups in total. The molecule has 2 saturated heterocycles. The zero-order chi connectivity index (χ0) is 12.8. The molecule has 2 unspecified atom stereocenters. The second-order valence-corrected chi connectivity index (χ2v) is 6.60. The second kappa shape index (κ2) is 4.23. The summed E-state index contributed by atoms with van der Waals surface area (Å²) in [5, 5.41) is 11.1. The molecule has 0 spiro atoms. The maximum Gasteiger partial charge on any atom is 0.244 e. The number of H-pyrrole nitrogens is 1. The summed E-state index contributed by atoms with van der Waals surface area (Å²) < 4.78 is 0. The van der Waals surface area contributed by atoms with Crippen LogP contribution in [0.4, 0.5) is 5.95 Å². The minimum Gasteiger partial charge on any atom is -0.338 e. The van der Waals surface area contributed by atoms with Gasteiger partial charge in [-0.05, 0) is 25.3 Å². The Bertz CT molecular complexity index is 405. The Kier molecular flexibility index (Phi) is 2.81. The zero-order valence-corrected chi connectivity index (χ0v) is 11.5. The quantitative estimate of drug-likeness (QED) is 0.787. The van der Waals surface area contributed by atoms with E-state index in [1.807, 2.05) is 0 Å². The Morgan fingerprint density at radius 3 is 2.78 bits per heavy atom. The summed E-state index contributed by atoms with van der Waals surface area (Å²) in [6.45, 7) is 9.77. The van der Waals surface area contributed by atoms with Crippen molar-refractivity contribution in [1.82, 2.24) is 20.5 Å². The lowest BCUT2D eigenvalue weighted by Gasteiger charge is -2.24. The van der Waals surface area contributed by atoms with Crippen LogP contribution >= 0.6 is 0 Å². The van der Waals surface area contributed by atoms with Crippen LogP contribution in [0.2, 0.25) is 0 Å². The van der Waals surface area contributed by atoms with Crippen molar-refractivity contribution in [3.05, 3.63) is 5.82 Å². The number of aromatic amines is 1. The van der Waals surface area contributed by atoms with Crippen LogP contribution in [0.1, 0.15) is 39.4 Å². The molecule has 3 heterocycles. The SMILES string of the molecule is CC(C)(C)c1nc(N2CC3CCCNC3C2)n[nH]1. The number of hydrogen-bond donors (Lipinski definition) is 2. The molecule has 5 heteroatoms. The summed E-state index contributed by atoms with van der Waals surface area (Å²) in [4.78, 5) is 6.97. The number of anilines is 1. The Hall–Kier alpha value is -1.10. The van der Waals surface area contributed by atoms with E-state index in [4.69, 9.17) is 0 Å². The molecule has 1 aromatic rings. The van der Waals surface area contributed by atoms with E-state index >= 15 is 0 Å². The lowest BCUT2D eigenvalue weighted by Crippen LogP contribution is -2.40. The lowest BCUT2D eigenvalue weighted by atomic mass is 9.94. The van der Waals surface area contributed by atoms with Crippen LogP contribution in [0.3, 0.4) is 0 Å². The number of hydrogen-bond acceptors (Lipinski definition) is 4. The maximum atomic E-state index is 4.65. The summed E-state index contributed by atoms with van der Waals surface area (Å²) in [6, 6.07) is 0.635. The summed E-state index contributed by atoms with van der Waals surface area (Å²) >= 11 is 0. The highest BCUT2D eigenvalue weighted by Gasteiger charge is 2.36. The van der Waals surface area contributed by atoms with Gasteiger partial charge in [-0.3, -0.25) is 5.10 Å². The molecule has 2 aliphatic heterocycles. The summed E-state index contributed by atoms with van der Waals surface area (Å²) in [7, 11) is 0. The van der Waals surface area contributed by atoms with E-state index < -0.39 is 0 Å². The average molecular weight is 249 g/mol. The Morgan fingerprint density at radius 1 is 1.28 bits per heavy atom. The van der Waals surface area contributed by atoms with Gasteiger partial charge in [0.1, 0.15) is 5.82 Å². The van der Waals surface area contributed by atoms with Crippen molar-refractivity contribution in [3.8, 4) is 0 Å². The molecule has 5 nitrogen and oxygen atoms in total. The summed E-state index contributed by atoms with van der Waals surface area (Å²) in [6.07, 6.45) is 2.64. The van der Waals surface area contributed by atoms with Crippen LogP contribution in [0.5, 0.6) is 0 Å². The summed E-state index contributed by atoms with van der Waals surface area (Å²) in [5.41, 5.74) is 0.0377. The van der Waals surface area contributed by atoms with Crippen molar-refractivity contribution in [1.29, 1.82) is 0 Å². The molecule has 18 heavy (non-hydrogen) atoms. The number of piperidine rings is 1. The fourth-order valence-electron chi connectivity index (χ4n) is 2.94. The van der Waals surface area contributed by atoms with Gasteiger partial charge >= 0.3 is 0 Å². The van der Waals surface area contributed by atoms with Gasteiger partial charge < -0.3 is 10.2 Å². The Labute approximate surface area is 108 Å². The summed E-state index contributed by atoms with van der Waals surface area (Å²) in [5.74, 6) is 2.62. The number of fused-ring (bicyclic) bond motifs is 1. The monoisotopic (exact) mass is 249 g/mol. The molecule has 2 atom stereocenters. The first-order chi connectivity index (χ1) is 8.54. The topological polar surface area (TPSA) is 56.8 Å². The molecule has 0 aliphatic carbocycles. The smallest absolute Gasteiger partial charge is 0.244 e. The number of aromatic nitrogens is 3. The van der Waals surface area contributed by atoms with Crippen molar-refractivity contribution in [3.63, 3.8) is 0 Å². The maximum absolute atomic E-state index is 4.65. The first kappa shape index (κ1) is 12.0. The first-order valence-electron chi connectivity index (χ1n) is 6.95. The molecule has 2 fully saturated rings. The highest BCUT2D eigenvalue weighted by Crippen LogP contribution is 2.28. The minimum absolute atomic E-state index is 0.0377. The molecule has 1 aromatic heterocycles. The van der Waals surface area contributed by atoms with Crippen LogP contribution in [0.15, 0.2) is 0 Å². The molecule has 0 amide bonds. The third-order valence-electron chi connectivity index (χ3n) is 4.07. The van der Waals surface area contributed by atoms with Gasteiger partial charge in [0.05, 0.1) is 0 Å². The highest BCUT2D eigenvalue weighted by molar-refractivity contribution is 5.33. The lowest BCUT2D eigenvalue weighted by molar-refractivity contribution is 0.340. The Morgan fingerprint density at radius 2 is 2.11 bits per heavy atom. The van der Waals surface area contributed by atoms with Gasteiger partial charge in [-0.1, -0.05) is 20.8 Å². The highest BCUT2D eigenvalue weighted by atomic mass is 15.4. The molecular weight excluding hydrogens is 226 g/mol. The third kappa shape index (κ3) is 2.11. The van der Waals surface area contributed by atoms with Gasteiger partial charge in [-0.15, -0.1) is 5.10 Å². The molecule has 0 bridgehead atoms. The van der Waals surface area contributed by atoms with Crippen LogP contribution in [0, 0.1) is 5.92 Å². The molecule has 100 valence electrons. The fourth-order valence-corrected chi connectivity index (χ4v) is 2.94.